The molecule has 0 aromatic heterocycles. The van der Waals surface area contributed by atoms with Crippen molar-refractivity contribution >= 4 is 15.7 Å². The van der Waals surface area contributed by atoms with Crippen LogP contribution in [0.5, 0.6) is 0 Å². The summed E-state index contributed by atoms with van der Waals surface area (Å²) in [6.07, 6.45) is 0.936. The average Bonchev–Trinajstić information content (AvgIpc) is 2.40. The molecule has 1 N–H and O–H groups in total. The van der Waals surface area contributed by atoms with Crippen molar-refractivity contribution < 1.29 is 8.42 Å². The van der Waals surface area contributed by atoms with Gasteiger partial charge in [0, 0.05) is 5.69 Å². The first-order valence-electron chi connectivity index (χ1n) is 6.19. The molecule has 0 radical (unpaired) electrons. The third kappa shape index (κ3) is 3.35. The van der Waals surface area contributed by atoms with E-state index in [0.29, 0.717) is 5.69 Å². The Kier molecular flexibility index (Phi) is 3.90. The predicted molar refractivity (Wildman–Crippen MR) is 77.8 cm³/mol. The summed E-state index contributed by atoms with van der Waals surface area (Å²) in [6.45, 7) is 3.98. The molecule has 2 aromatic carbocycles. The fourth-order valence-electron chi connectivity index (χ4n) is 1.74. The fourth-order valence-corrected chi connectivity index (χ4v) is 2.80. The van der Waals surface area contributed by atoms with E-state index in [1.807, 2.05) is 19.1 Å². The molecule has 0 saturated carbocycles. The molecule has 0 atom stereocenters. The van der Waals surface area contributed by atoms with Gasteiger partial charge in [-0.2, -0.15) is 0 Å². The minimum absolute atomic E-state index is 0.276. The Hall–Kier alpha value is -1.81. The van der Waals surface area contributed by atoms with Gasteiger partial charge in [0.05, 0.1) is 4.90 Å². The van der Waals surface area contributed by atoms with Crippen LogP contribution in [0, 0.1) is 6.92 Å². The van der Waals surface area contributed by atoms with E-state index in [4.69, 9.17) is 0 Å². The summed E-state index contributed by atoms with van der Waals surface area (Å²) in [7, 11) is -3.50. The van der Waals surface area contributed by atoms with E-state index >= 15 is 0 Å². The number of hydrogen-bond acceptors (Lipinski definition) is 2. The van der Waals surface area contributed by atoms with Gasteiger partial charge < -0.3 is 0 Å². The number of aryl methyl sites for hydroxylation is 2. The van der Waals surface area contributed by atoms with E-state index in [9.17, 15) is 8.42 Å². The highest BCUT2D eigenvalue weighted by Gasteiger charge is 2.13. The molecule has 19 heavy (non-hydrogen) atoms. The largest absolute Gasteiger partial charge is 0.280 e. The lowest BCUT2D eigenvalue weighted by Crippen LogP contribution is -2.12. The van der Waals surface area contributed by atoms with Gasteiger partial charge in [0.25, 0.3) is 10.0 Å². The van der Waals surface area contributed by atoms with Gasteiger partial charge in [0.15, 0.2) is 0 Å². The number of nitrogens with one attached hydrogen (secondary N) is 1. The molecule has 0 amide bonds. The van der Waals surface area contributed by atoms with Gasteiger partial charge in [0.1, 0.15) is 0 Å². The molecule has 0 unspecified atom stereocenters. The molecule has 100 valence electrons. The molecule has 0 aliphatic carbocycles. The Balaban J connectivity index is 2.23. The molecule has 3 nitrogen and oxygen atoms in total. The summed E-state index contributed by atoms with van der Waals surface area (Å²) < 4.78 is 26.9. The van der Waals surface area contributed by atoms with Gasteiger partial charge in [0.2, 0.25) is 0 Å². The molecule has 0 spiro atoms. The van der Waals surface area contributed by atoms with Crippen LogP contribution in [0.4, 0.5) is 5.69 Å². The van der Waals surface area contributed by atoms with Gasteiger partial charge in [-0.3, -0.25) is 4.72 Å². The van der Waals surface area contributed by atoms with E-state index in [-0.39, 0.29) is 4.90 Å². The molecule has 0 saturated heterocycles. The maximum absolute atomic E-state index is 12.2. The zero-order chi connectivity index (χ0) is 13.9. The Morgan fingerprint density at radius 1 is 0.947 bits per heavy atom. The molecule has 4 heteroatoms. The van der Waals surface area contributed by atoms with Crippen molar-refractivity contribution in [3.63, 3.8) is 0 Å². The molecule has 2 aromatic rings. The lowest BCUT2D eigenvalue weighted by Gasteiger charge is -2.08. The maximum Gasteiger partial charge on any atom is 0.261 e. The Morgan fingerprint density at radius 3 is 2.05 bits per heavy atom. The van der Waals surface area contributed by atoms with Gasteiger partial charge in [-0.15, -0.1) is 0 Å². The summed E-state index contributed by atoms with van der Waals surface area (Å²) >= 11 is 0. The smallest absolute Gasteiger partial charge is 0.261 e. The van der Waals surface area contributed by atoms with Crippen LogP contribution in [-0.4, -0.2) is 8.42 Å². The minimum atomic E-state index is -3.50. The van der Waals surface area contributed by atoms with Gasteiger partial charge in [-0.25, -0.2) is 8.42 Å². The molecule has 0 heterocycles. The highest BCUT2D eigenvalue weighted by Crippen LogP contribution is 2.17. The number of rotatable bonds is 4. The van der Waals surface area contributed by atoms with E-state index in [2.05, 4.69) is 11.6 Å². The van der Waals surface area contributed by atoms with E-state index in [1.165, 1.54) is 5.56 Å². The number of benzene rings is 2. The maximum atomic E-state index is 12.2. The van der Waals surface area contributed by atoms with Crippen molar-refractivity contribution in [1.82, 2.24) is 0 Å². The van der Waals surface area contributed by atoms with Crippen molar-refractivity contribution in [3.8, 4) is 0 Å². The lowest BCUT2D eigenvalue weighted by atomic mass is 10.2. The molecule has 0 bridgehead atoms. The topological polar surface area (TPSA) is 46.2 Å². The minimum Gasteiger partial charge on any atom is -0.280 e. The first-order valence-corrected chi connectivity index (χ1v) is 7.68. The summed E-state index contributed by atoms with van der Waals surface area (Å²) in [6, 6.07) is 14.2. The predicted octanol–water partition coefficient (Wildman–Crippen LogP) is 3.36. The van der Waals surface area contributed by atoms with Crippen molar-refractivity contribution in [2.75, 3.05) is 4.72 Å². The second-order valence-corrected chi connectivity index (χ2v) is 6.15. The van der Waals surface area contributed by atoms with Crippen molar-refractivity contribution in [1.29, 1.82) is 0 Å². The molecule has 0 aliphatic heterocycles. The van der Waals surface area contributed by atoms with Gasteiger partial charge >= 0.3 is 0 Å². The number of sulfonamides is 1. The number of anilines is 1. The molecule has 0 fully saturated rings. The third-order valence-corrected chi connectivity index (χ3v) is 4.34. The molecular weight excluding hydrogens is 258 g/mol. The fraction of sp³-hybridized carbons (Fsp3) is 0.200. The van der Waals surface area contributed by atoms with Crippen LogP contribution in [0.25, 0.3) is 0 Å². The second-order valence-electron chi connectivity index (χ2n) is 4.47. The van der Waals surface area contributed by atoms with E-state index in [0.717, 1.165) is 12.0 Å². The van der Waals surface area contributed by atoms with Gasteiger partial charge in [-0.1, -0.05) is 36.8 Å². The van der Waals surface area contributed by atoms with Crippen molar-refractivity contribution in [2.24, 2.45) is 0 Å². The van der Waals surface area contributed by atoms with Crippen LogP contribution in [-0.2, 0) is 16.4 Å². The summed E-state index contributed by atoms with van der Waals surface area (Å²) in [4.78, 5) is 0.276. The van der Waals surface area contributed by atoms with Crippen LogP contribution in [0.15, 0.2) is 53.4 Å². The quantitative estimate of drug-likeness (QED) is 0.930. The lowest BCUT2D eigenvalue weighted by molar-refractivity contribution is 0.601. The van der Waals surface area contributed by atoms with Crippen LogP contribution < -0.4 is 4.72 Å². The SMILES string of the molecule is CCc1ccc(NS(=O)(=O)c2ccc(C)cc2)cc1. The zero-order valence-electron chi connectivity index (χ0n) is 11.1. The first-order chi connectivity index (χ1) is 9.01. The summed E-state index contributed by atoms with van der Waals surface area (Å²) in [5, 5.41) is 0. The van der Waals surface area contributed by atoms with E-state index in [1.54, 1.807) is 36.4 Å². The Labute approximate surface area is 114 Å². The highest BCUT2D eigenvalue weighted by molar-refractivity contribution is 7.92. The van der Waals surface area contributed by atoms with Gasteiger partial charge in [-0.05, 0) is 43.2 Å². The standard InChI is InChI=1S/C15H17NO2S/c1-3-13-6-8-14(9-7-13)16-19(17,18)15-10-4-12(2)5-11-15/h4-11,16H,3H2,1-2H3. The number of hydrogen-bond donors (Lipinski definition) is 1. The van der Waals surface area contributed by atoms with E-state index < -0.39 is 10.0 Å². The van der Waals surface area contributed by atoms with Crippen LogP contribution in [0.3, 0.4) is 0 Å². The van der Waals surface area contributed by atoms with Crippen molar-refractivity contribution in [2.45, 2.75) is 25.2 Å². The zero-order valence-corrected chi connectivity index (χ0v) is 11.9. The summed E-state index contributed by atoms with van der Waals surface area (Å²) in [5.74, 6) is 0. The monoisotopic (exact) mass is 275 g/mol. The Bertz CT molecular complexity index is 644. The molecule has 2 rings (SSSR count). The third-order valence-electron chi connectivity index (χ3n) is 2.95. The van der Waals surface area contributed by atoms with Crippen LogP contribution in [0.1, 0.15) is 18.1 Å². The highest BCUT2D eigenvalue weighted by atomic mass is 32.2. The normalized spacial score (nSPS) is 11.3. The molecule has 0 aliphatic rings. The summed E-state index contributed by atoms with van der Waals surface area (Å²) in [5.41, 5.74) is 2.79. The first kappa shape index (κ1) is 13.6. The average molecular weight is 275 g/mol. The van der Waals surface area contributed by atoms with Crippen molar-refractivity contribution in [3.05, 3.63) is 59.7 Å². The Morgan fingerprint density at radius 2 is 1.53 bits per heavy atom. The van der Waals surface area contributed by atoms with Crippen LogP contribution >= 0.6 is 0 Å². The molecular formula is C15H17NO2S. The van der Waals surface area contributed by atoms with Crippen LogP contribution in [0.2, 0.25) is 0 Å². The second kappa shape index (κ2) is 5.45.